The predicted molar refractivity (Wildman–Crippen MR) is 77.6 cm³/mol. The van der Waals surface area contributed by atoms with Gasteiger partial charge in [0.05, 0.1) is 5.60 Å². The van der Waals surface area contributed by atoms with Crippen LogP contribution in [0.4, 0.5) is 11.6 Å². The minimum absolute atomic E-state index is 0.540. The molecule has 0 unspecified atom stereocenters. The van der Waals surface area contributed by atoms with Gasteiger partial charge in [0.15, 0.2) is 0 Å². The minimum Gasteiger partial charge on any atom is -0.388 e. The zero-order valence-electron chi connectivity index (χ0n) is 12.1. The normalized spacial score (nSPS) is 16.8. The van der Waals surface area contributed by atoms with Crippen LogP contribution in [0.15, 0.2) is 0 Å². The van der Waals surface area contributed by atoms with Gasteiger partial charge in [0.25, 0.3) is 0 Å². The second kappa shape index (κ2) is 5.74. The van der Waals surface area contributed by atoms with E-state index in [1.807, 2.05) is 13.8 Å². The molecule has 1 aliphatic rings. The first-order chi connectivity index (χ1) is 9.08. The van der Waals surface area contributed by atoms with E-state index in [0.717, 1.165) is 55.3 Å². The highest BCUT2D eigenvalue weighted by atomic mass is 16.3. The Morgan fingerprint density at radius 1 is 1.16 bits per heavy atom. The first-order valence-electron chi connectivity index (χ1n) is 7.15. The number of nitrogens with one attached hydrogen (secondary N) is 2. The summed E-state index contributed by atoms with van der Waals surface area (Å²) in [6, 6.07) is 0. The van der Waals surface area contributed by atoms with Crippen LogP contribution in [0.2, 0.25) is 0 Å². The molecule has 5 heteroatoms. The van der Waals surface area contributed by atoms with E-state index >= 15 is 0 Å². The summed E-state index contributed by atoms with van der Waals surface area (Å²) in [7, 11) is 0. The highest BCUT2D eigenvalue weighted by molar-refractivity contribution is 5.57. The number of hydrogen-bond acceptors (Lipinski definition) is 5. The highest BCUT2D eigenvalue weighted by Gasteiger charge is 2.34. The molecule has 2 rings (SSSR count). The summed E-state index contributed by atoms with van der Waals surface area (Å²) < 4.78 is 0. The van der Waals surface area contributed by atoms with Crippen LogP contribution in [0.1, 0.15) is 44.5 Å². The molecule has 1 heterocycles. The van der Waals surface area contributed by atoms with E-state index in [1.54, 1.807) is 0 Å². The lowest BCUT2D eigenvalue weighted by Gasteiger charge is -2.36. The standard InChI is InChI=1S/C14H24N4O/c1-4-11-17-12(15-5-2)10(3)13(18-11)16-9-14(19)7-6-8-14/h19H,4-9H2,1-3H3,(H2,15,16,17,18). The van der Waals surface area contributed by atoms with Crippen molar-refractivity contribution in [3.63, 3.8) is 0 Å². The summed E-state index contributed by atoms with van der Waals surface area (Å²) in [5.74, 6) is 2.55. The fourth-order valence-corrected chi connectivity index (χ4v) is 2.24. The molecule has 1 aliphatic carbocycles. The molecular weight excluding hydrogens is 240 g/mol. The van der Waals surface area contributed by atoms with Gasteiger partial charge >= 0.3 is 0 Å². The highest BCUT2D eigenvalue weighted by Crippen LogP contribution is 2.32. The SMILES string of the molecule is CCNc1nc(CC)nc(NCC2(O)CCC2)c1C. The molecule has 0 saturated heterocycles. The fraction of sp³-hybridized carbons (Fsp3) is 0.714. The van der Waals surface area contributed by atoms with Crippen molar-refractivity contribution in [2.45, 2.75) is 52.1 Å². The van der Waals surface area contributed by atoms with Gasteiger partial charge in [0.2, 0.25) is 0 Å². The fourth-order valence-electron chi connectivity index (χ4n) is 2.24. The molecule has 0 aliphatic heterocycles. The molecule has 0 atom stereocenters. The quantitative estimate of drug-likeness (QED) is 0.734. The Hall–Kier alpha value is -1.36. The van der Waals surface area contributed by atoms with E-state index in [-0.39, 0.29) is 0 Å². The maximum Gasteiger partial charge on any atom is 0.134 e. The summed E-state index contributed by atoms with van der Waals surface area (Å²) in [6.45, 7) is 7.51. The van der Waals surface area contributed by atoms with Gasteiger partial charge in [-0.2, -0.15) is 0 Å². The topological polar surface area (TPSA) is 70.1 Å². The van der Waals surface area contributed by atoms with Gasteiger partial charge < -0.3 is 15.7 Å². The number of aryl methyl sites for hydroxylation is 1. The molecule has 1 fully saturated rings. The molecule has 106 valence electrons. The van der Waals surface area contributed by atoms with E-state index in [9.17, 15) is 5.11 Å². The van der Waals surface area contributed by atoms with Gasteiger partial charge in [-0.3, -0.25) is 0 Å². The molecular formula is C14H24N4O. The van der Waals surface area contributed by atoms with Crippen molar-refractivity contribution >= 4 is 11.6 Å². The largest absolute Gasteiger partial charge is 0.388 e. The first kappa shape index (κ1) is 14.1. The van der Waals surface area contributed by atoms with Crippen LogP contribution in [-0.2, 0) is 6.42 Å². The summed E-state index contributed by atoms with van der Waals surface area (Å²) in [5.41, 5.74) is 0.476. The third kappa shape index (κ3) is 3.15. The zero-order valence-corrected chi connectivity index (χ0v) is 12.1. The number of anilines is 2. The monoisotopic (exact) mass is 264 g/mol. The van der Waals surface area contributed by atoms with Gasteiger partial charge in [0, 0.05) is 25.1 Å². The summed E-state index contributed by atoms with van der Waals surface area (Å²) >= 11 is 0. The van der Waals surface area contributed by atoms with Crippen LogP contribution in [0, 0.1) is 6.92 Å². The molecule has 1 aromatic rings. The summed E-state index contributed by atoms with van der Waals surface area (Å²) in [5, 5.41) is 16.7. The second-order valence-electron chi connectivity index (χ2n) is 5.28. The van der Waals surface area contributed by atoms with Crippen molar-refractivity contribution in [1.29, 1.82) is 0 Å². The zero-order chi connectivity index (χ0) is 13.9. The Labute approximate surface area is 114 Å². The van der Waals surface area contributed by atoms with Crippen LogP contribution in [-0.4, -0.2) is 33.8 Å². The summed E-state index contributed by atoms with van der Waals surface area (Å²) in [4.78, 5) is 9.02. The van der Waals surface area contributed by atoms with Gasteiger partial charge in [-0.25, -0.2) is 9.97 Å². The van der Waals surface area contributed by atoms with E-state index < -0.39 is 5.60 Å². The van der Waals surface area contributed by atoms with Crippen LogP contribution >= 0.6 is 0 Å². The lowest BCUT2D eigenvalue weighted by atomic mass is 9.80. The Morgan fingerprint density at radius 3 is 2.26 bits per heavy atom. The van der Waals surface area contributed by atoms with Gasteiger partial charge in [-0.15, -0.1) is 0 Å². The first-order valence-corrected chi connectivity index (χ1v) is 7.15. The smallest absolute Gasteiger partial charge is 0.134 e. The lowest BCUT2D eigenvalue weighted by molar-refractivity contribution is -0.0202. The number of aliphatic hydroxyl groups is 1. The Balaban J connectivity index is 2.15. The molecule has 5 nitrogen and oxygen atoms in total. The van der Waals surface area contributed by atoms with Gasteiger partial charge in [-0.1, -0.05) is 6.92 Å². The second-order valence-corrected chi connectivity index (χ2v) is 5.28. The molecule has 19 heavy (non-hydrogen) atoms. The predicted octanol–water partition coefficient (Wildman–Crippen LogP) is 2.11. The van der Waals surface area contributed by atoms with Crippen LogP contribution in [0.5, 0.6) is 0 Å². The molecule has 1 saturated carbocycles. The van der Waals surface area contributed by atoms with Gasteiger partial charge in [-0.05, 0) is 33.1 Å². The molecule has 0 amide bonds. The summed E-state index contributed by atoms with van der Waals surface area (Å²) in [6.07, 6.45) is 3.68. The van der Waals surface area contributed by atoms with E-state index in [2.05, 4.69) is 27.5 Å². The van der Waals surface area contributed by atoms with Crippen molar-refractivity contribution in [3.8, 4) is 0 Å². The molecule has 1 aromatic heterocycles. The molecule has 3 N–H and O–H groups in total. The minimum atomic E-state index is -0.540. The number of rotatable bonds is 6. The Bertz CT molecular complexity index is 443. The van der Waals surface area contributed by atoms with Crippen molar-refractivity contribution in [2.24, 2.45) is 0 Å². The van der Waals surface area contributed by atoms with Crippen molar-refractivity contribution in [1.82, 2.24) is 9.97 Å². The van der Waals surface area contributed by atoms with Crippen LogP contribution in [0.25, 0.3) is 0 Å². The Morgan fingerprint density at radius 2 is 1.79 bits per heavy atom. The van der Waals surface area contributed by atoms with Crippen molar-refractivity contribution < 1.29 is 5.11 Å². The van der Waals surface area contributed by atoms with Gasteiger partial charge in [0.1, 0.15) is 17.5 Å². The number of nitrogens with zero attached hydrogens (tertiary/aromatic N) is 2. The average Bonchev–Trinajstić information content (AvgIpc) is 2.37. The van der Waals surface area contributed by atoms with E-state index in [1.165, 1.54) is 0 Å². The van der Waals surface area contributed by atoms with Crippen molar-refractivity contribution in [2.75, 3.05) is 23.7 Å². The molecule has 0 radical (unpaired) electrons. The number of aromatic nitrogens is 2. The maximum absolute atomic E-state index is 10.1. The van der Waals surface area contributed by atoms with Crippen LogP contribution < -0.4 is 10.6 Å². The van der Waals surface area contributed by atoms with Crippen molar-refractivity contribution in [3.05, 3.63) is 11.4 Å². The molecule has 0 aromatic carbocycles. The maximum atomic E-state index is 10.1. The van der Waals surface area contributed by atoms with E-state index in [0.29, 0.717) is 6.54 Å². The molecule has 0 bridgehead atoms. The third-order valence-corrected chi connectivity index (χ3v) is 3.72. The lowest BCUT2D eigenvalue weighted by Crippen LogP contribution is -2.43. The Kier molecular flexibility index (Phi) is 4.24. The van der Waals surface area contributed by atoms with E-state index in [4.69, 9.17) is 0 Å². The average molecular weight is 264 g/mol. The van der Waals surface area contributed by atoms with Crippen LogP contribution in [0.3, 0.4) is 0 Å². The number of hydrogen-bond donors (Lipinski definition) is 3. The third-order valence-electron chi connectivity index (χ3n) is 3.72. The molecule has 0 spiro atoms.